The molecule has 0 aliphatic carbocycles. The van der Waals surface area contributed by atoms with Crippen LogP contribution in [0.5, 0.6) is 0 Å². The number of carbonyl (C=O) groups is 1. The summed E-state index contributed by atoms with van der Waals surface area (Å²) in [6, 6.07) is 17.6. The molecular weight excluding hydrogens is 346 g/mol. The lowest BCUT2D eigenvalue weighted by atomic mass is 9.98. The normalized spacial score (nSPS) is 16.9. The van der Waals surface area contributed by atoms with Gasteiger partial charge in [0.15, 0.2) is 0 Å². The summed E-state index contributed by atoms with van der Waals surface area (Å²) in [7, 11) is 0. The first kappa shape index (κ1) is 16.7. The number of aromatic nitrogens is 2. The number of benzene rings is 2. The smallest absolute Gasteiger partial charge is 0.230 e. The van der Waals surface area contributed by atoms with Crippen LogP contribution < -0.4 is 4.90 Å². The van der Waals surface area contributed by atoms with E-state index in [0.717, 1.165) is 46.9 Å². The molecule has 1 fully saturated rings. The Morgan fingerprint density at radius 1 is 1.04 bits per heavy atom. The Labute approximate surface area is 157 Å². The Hall–Kier alpha value is -2.72. The fraction of sp³-hybridized carbons (Fsp3) is 0.190. The van der Waals surface area contributed by atoms with Gasteiger partial charge in [0.05, 0.1) is 5.69 Å². The van der Waals surface area contributed by atoms with E-state index in [4.69, 9.17) is 11.6 Å². The molecule has 1 atom stereocenters. The molecule has 0 N–H and O–H groups in total. The molecule has 4 rings (SSSR count). The molecule has 0 bridgehead atoms. The summed E-state index contributed by atoms with van der Waals surface area (Å²) in [5, 5.41) is 0.719. The average Bonchev–Trinajstić information content (AvgIpc) is 3.05. The molecule has 1 saturated heterocycles. The SMILES string of the molecule is O=C1C(Cc2ccc(Cl)cc2)CCN1c1ccc(-c2ccncn2)cc1. The number of halogens is 1. The van der Waals surface area contributed by atoms with Crippen LogP contribution in [0.2, 0.25) is 5.02 Å². The van der Waals surface area contributed by atoms with E-state index < -0.39 is 0 Å². The van der Waals surface area contributed by atoms with Gasteiger partial charge < -0.3 is 4.90 Å². The monoisotopic (exact) mass is 363 g/mol. The molecule has 1 aromatic heterocycles. The Morgan fingerprint density at radius 2 is 1.81 bits per heavy atom. The van der Waals surface area contributed by atoms with Crippen molar-refractivity contribution in [3.8, 4) is 11.3 Å². The molecule has 26 heavy (non-hydrogen) atoms. The van der Waals surface area contributed by atoms with E-state index in [1.54, 1.807) is 6.20 Å². The van der Waals surface area contributed by atoms with Crippen molar-refractivity contribution in [2.75, 3.05) is 11.4 Å². The number of rotatable bonds is 4. The minimum absolute atomic E-state index is 0.0257. The second-order valence-electron chi connectivity index (χ2n) is 6.45. The highest BCUT2D eigenvalue weighted by Gasteiger charge is 2.32. The number of nitrogens with zero attached hydrogens (tertiary/aromatic N) is 3. The topological polar surface area (TPSA) is 46.1 Å². The zero-order chi connectivity index (χ0) is 17.9. The summed E-state index contributed by atoms with van der Waals surface area (Å²) in [5.41, 5.74) is 3.97. The predicted molar refractivity (Wildman–Crippen MR) is 103 cm³/mol. The van der Waals surface area contributed by atoms with E-state index in [9.17, 15) is 4.79 Å². The van der Waals surface area contributed by atoms with Crippen molar-refractivity contribution in [3.63, 3.8) is 0 Å². The van der Waals surface area contributed by atoms with Crippen LogP contribution in [0.15, 0.2) is 67.1 Å². The van der Waals surface area contributed by atoms with Gasteiger partial charge in [-0.15, -0.1) is 0 Å². The largest absolute Gasteiger partial charge is 0.312 e. The van der Waals surface area contributed by atoms with Crippen molar-refractivity contribution < 1.29 is 4.79 Å². The average molecular weight is 364 g/mol. The van der Waals surface area contributed by atoms with Crippen LogP contribution in [-0.4, -0.2) is 22.4 Å². The maximum Gasteiger partial charge on any atom is 0.230 e. The van der Waals surface area contributed by atoms with E-state index >= 15 is 0 Å². The van der Waals surface area contributed by atoms with Crippen LogP contribution in [0.1, 0.15) is 12.0 Å². The molecule has 130 valence electrons. The third-order valence-corrected chi connectivity index (χ3v) is 5.02. The van der Waals surface area contributed by atoms with Crippen molar-refractivity contribution in [1.29, 1.82) is 0 Å². The van der Waals surface area contributed by atoms with Crippen LogP contribution in [0.25, 0.3) is 11.3 Å². The van der Waals surface area contributed by atoms with Crippen LogP contribution in [0.3, 0.4) is 0 Å². The van der Waals surface area contributed by atoms with Gasteiger partial charge in [-0.25, -0.2) is 9.97 Å². The van der Waals surface area contributed by atoms with Crippen molar-refractivity contribution >= 4 is 23.2 Å². The van der Waals surface area contributed by atoms with Gasteiger partial charge in [0, 0.05) is 34.9 Å². The minimum Gasteiger partial charge on any atom is -0.312 e. The zero-order valence-corrected chi connectivity index (χ0v) is 14.9. The van der Waals surface area contributed by atoms with Gasteiger partial charge in [-0.05, 0) is 48.7 Å². The van der Waals surface area contributed by atoms with E-state index in [0.29, 0.717) is 0 Å². The molecule has 1 aliphatic rings. The van der Waals surface area contributed by atoms with Gasteiger partial charge in [0.2, 0.25) is 5.91 Å². The molecule has 2 heterocycles. The molecule has 1 aliphatic heterocycles. The molecule has 2 aromatic carbocycles. The molecule has 0 saturated carbocycles. The van der Waals surface area contributed by atoms with Gasteiger partial charge in [-0.3, -0.25) is 4.79 Å². The first-order valence-electron chi connectivity index (χ1n) is 8.63. The van der Waals surface area contributed by atoms with Crippen molar-refractivity contribution in [3.05, 3.63) is 77.7 Å². The van der Waals surface area contributed by atoms with Crippen LogP contribution >= 0.6 is 11.6 Å². The van der Waals surface area contributed by atoms with Crippen molar-refractivity contribution in [2.45, 2.75) is 12.8 Å². The summed E-state index contributed by atoms with van der Waals surface area (Å²) < 4.78 is 0. The van der Waals surface area contributed by atoms with Gasteiger partial charge in [-0.2, -0.15) is 0 Å². The lowest BCUT2D eigenvalue weighted by Gasteiger charge is -2.17. The van der Waals surface area contributed by atoms with E-state index in [2.05, 4.69) is 9.97 Å². The molecule has 0 spiro atoms. The molecule has 1 unspecified atom stereocenters. The quantitative estimate of drug-likeness (QED) is 0.690. The van der Waals surface area contributed by atoms with Crippen molar-refractivity contribution in [2.24, 2.45) is 5.92 Å². The maximum absolute atomic E-state index is 12.8. The van der Waals surface area contributed by atoms with Crippen molar-refractivity contribution in [1.82, 2.24) is 9.97 Å². The number of anilines is 1. The van der Waals surface area contributed by atoms with Gasteiger partial charge in [-0.1, -0.05) is 35.9 Å². The standard InChI is InChI=1S/C21H18ClN3O/c22-18-5-1-15(2-6-18)13-17-10-12-25(21(17)26)19-7-3-16(4-8-19)20-9-11-23-14-24-20/h1-9,11,14,17H,10,12-13H2. The molecule has 4 nitrogen and oxygen atoms in total. The Kier molecular flexibility index (Phi) is 4.67. The summed E-state index contributed by atoms with van der Waals surface area (Å²) in [6.45, 7) is 0.754. The fourth-order valence-corrected chi connectivity index (χ4v) is 3.49. The summed E-state index contributed by atoms with van der Waals surface area (Å²) >= 11 is 5.93. The zero-order valence-electron chi connectivity index (χ0n) is 14.2. The Balaban J connectivity index is 1.47. The highest BCUT2D eigenvalue weighted by Crippen LogP contribution is 2.29. The fourth-order valence-electron chi connectivity index (χ4n) is 3.36. The number of amides is 1. The van der Waals surface area contributed by atoms with E-state index in [1.807, 2.05) is 59.5 Å². The summed E-state index contributed by atoms with van der Waals surface area (Å²) in [6.07, 6.45) is 4.89. The number of hydrogen-bond donors (Lipinski definition) is 0. The summed E-state index contributed by atoms with van der Waals surface area (Å²) in [4.78, 5) is 22.9. The molecule has 5 heteroatoms. The van der Waals surface area contributed by atoms with Crippen LogP contribution in [0, 0.1) is 5.92 Å². The first-order chi connectivity index (χ1) is 12.7. The third-order valence-electron chi connectivity index (χ3n) is 4.77. The number of carbonyl (C=O) groups excluding carboxylic acids is 1. The van der Waals surface area contributed by atoms with Crippen LogP contribution in [0.4, 0.5) is 5.69 Å². The Morgan fingerprint density at radius 3 is 2.50 bits per heavy atom. The predicted octanol–water partition coefficient (Wildman–Crippen LogP) is 4.39. The highest BCUT2D eigenvalue weighted by molar-refractivity contribution is 6.30. The highest BCUT2D eigenvalue weighted by atomic mass is 35.5. The second kappa shape index (κ2) is 7.26. The van der Waals surface area contributed by atoms with Gasteiger partial charge >= 0.3 is 0 Å². The van der Waals surface area contributed by atoms with E-state index in [1.165, 1.54) is 6.33 Å². The first-order valence-corrected chi connectivity index (χ1v) is 9.01. The maximum atomic E-state index is 12.8. The Bertz CT molecular complexity index is 895. The van der Waals surface area contributed by atoms with Crippen LogP contribution in [-0.2, 0) is 11.2 Å². The lowest BCUT2D eigenvalue weighted by molar-refractivity contribution is -0.120. The lowest BCUT2D eigenvalue weighted by Crippen LogP contribution is -2.27. The van der Waals surface area contributed by atoms with E-state index in [-0.39, 0.29) is 11.8 Å². The molecule has 1 amide bonds. The van der Waals surface area contributed by atoms with Gasteiger partial charge in [0.1, 0.15) is 6.33 Å². The number of hydrogen-bond acceptors (Lipinski definition) is 3. The molecule has 3 aromatic rings. The minimum atomic E-state index is 0.0257. The molecule has 0 radical (unpaired) electrons. The summed E-state index contributed by atoms with van der Waals surface area (Å²) in [5.74, 6) is 0.215. The third kappa shape index (κ3) is 3.46. The molecular formula is C21H18ClN3O. The van der Waals surface area contributed by atoms with Gasteiger partial charge in [0.25, 0.3) is 0 Å². The second-order valence-corrected chi connectivity index (χ2v) is 6.88.